The molecule has 1 atom stereocenters. The zero-order valence-electron chi connectivity index (χ0n) is 11.0. The Labute approximate surface area is 105 Å². The summed E-state index contributed by atoms with van der Waals surface area (Å²) in [6, 6.07) is 0.376. The molecular formula is C14H27N3. The van der Waals surface area contributed by atoms with Crippen LogP contribution in [0.5, 0.6) is 0 Å². The summed E-state index contributed by atoms with van der Waals surface area (Å²) < 4.78 is 0. The molecule has 1 saturated heterocycles. The molecule has 0 aromatic heterocycles. The lowest BCUT2D eigenvalue weighted by Crippen LogP contribution is -2.62. The average Bonchev–Trinajstić information content (AvgIpc) is 2.87. The maximum atomic E-state index is 5.81. The zero-order chi connectivity index (χ0) is 12.1. The molecule has 2 rings (SSSR count). The van der Waals surface area contributed by atoms with Gasteiger partial charge in [0.15, 0.2) is 0 Å². The highest BCUT2D eigenvalue weighted by atomic mass is 15.3. The maximum absolute atomic E-state index is 5.81. The van der Waals surface area contributed by atoms with Crippen molar-refractivity contribution in [1.29, 1.82) is 0 Å². The Morgan fingerprint density at radius 2 is 1.82 bits per heavy atom. The van der Waals surface area contributed by atoms with Crippen LogP contribution in [0.1, 0.15) is 51.4 Å². The number of nitrogens with two attached hydrogens (primary N) is 1. The van der Waals surface area contributed by atoms with Crippen LogP contribution in [0.2, 0.25) is 0 Å². The highest BCUT2D eigenvalue weighted by Gasteiger charge is 2.45. The summed E-state index contributed by atoms with van der Waals surface area (Å²) in [5.41, 5.74) is 3.38. The highest BCUT2D eigenvalue weighted by molar-refractivity contribution is 5.05. The topological polar surface area (TPSA) is 41.3 Å². The molecule has 0 radical (unpaired) electrons. The second-order valence-corrected chi connectivity index (χ2v) is 5.60. The van der Waals surface area contributed by atoms with E-state index in [1.807, 2.05) is 6.08 Å². The van der Waals surface area contributed by atoms with Gasteiger partial charge in [-0.05, 0) is 45.2 Å². The molecule has 0 aromatic carbocycles. The van der Waals surface area contributed by atoms with E-state index in [1.54, 1.807) is 0 Å². The molecule has 1 aliphatic heterocycles. The lowest BCUT2D eigenvalue weighted by molar-refractivity contribution is 0.0374. The van der Waals surface area contributed by atoms with Gasteiger partial charge in [0.1, 0.15) is 0 Å². The molecule has 1 unspecified atom stereocenters. The van der Waals surface area contributed by atoms with Crippen molar-refractivity contribution in [2.75, 3.05) is 13.1 Å². The van der Waals surface area contributed by atoms with Gasteiger partial charge in [-0.1, -0.05) is 25.3 Å². The van der Waals surface area contributed by atoms with Crippen molar-refractivity contribution in [3.8, 4) is 0 Å². The molecule has 1 heterocycles. The van der Waals surface area contributed by atoms with E-state index in [1.165, 1.54) is 58.0 Å². The molecule has 98 valence electrons. The van der Waals surface area contributed by atoms with Crippen LogP contribution < -0.4 is 11.3 Å². The van der Waals surface area contributed by atoms with Crippen molar-refractivity contribution in [3.63, 3.8) is 0 Å². The minimum atomic E-state index is 0.309. The molecule has 17 heavy (non-hydrogen) atoms. The molecule has 3 nitrogen and oxygen atoms in total. The summed E-state index contributed by atoms with van der Waals surface area (Å²) in [5.74, 6) is 5.81. The van der Waals surface area contributed by atoms with Crippen molar-refractivity contribution in [3.05, 3.63) is 12.7 Å². The Hall–Kier alpha value is -0.380. The molecule has 3 heteroatoms. The monoisotopic (exact) mass is 237 g/mol. The molecule has 0 amide bonds. The van der Waals surface area contributed by atoms with Gasteiger partial charge in [0.05, 0.1) is 0 Å². The molecule has 0 spiro atoms. The van der Waals surface area contributed by atoms with Gasteiger partial charge in [0.2, 0.25) is 0 Å². The number of hydrazine groups is 1. The smallest absolute Gasteiger partial charge is 0.0429 e. The minimum Gasteiger partial charge on any atom is -0.296 e. The first kappa shape index (κ1) is 13.1. The van der Waals surface area contributed by atoms with Crippen LogP contribution in [-0.4, -0.2) is 29.6 Å². The van der Waals surface area contributed by atoms with E-state index in [9.17, 15) is 0 Å². The summed E-state index contributed by atoms with van der Waals surface area (Å²) in [4.78, 5) is 2.72. The van der Waals surface area contributed by atoms with E-state index < -0.39 is 0 Å². The number of nitrogens with one attached hydrogen (secondary N) is 1. The fourth-order valence-corrected chi connectivity index (χ4v) is 3.82. The first-order valence-electron chi connectivity index (χ1n) is 7.15. The Balaban J connectivity index is 2.14. The van der Waals surface area contributed by atoms with Crippen LogP contribution in [0.25, 0.3) is 0 Å². The number of piperidine rings is 1. The first-order chi connectivity index (χ1) is 8.33. The SMILES string of the molecule is C=CCC(NN)C1(N2CCCCC2)CCCC1. The van der Waals surface area contributed by atoms with Crippen molar-refractivity contribution in [2.45, 2.75) is 62.9 Å². The molecule has 3 N–H and O–H groups in total. The van der Waals surface area contributed by atoms with Crippen molar-refractivity contribution in [2.24, 2.45) is 5.84 Å². The predicted molar refractivity (Wildman–Crippen MR) is 72.5 cm³/mol. The van der Waals surface area contributed by atoms with E-state index in [2.05, 4.69) is 16.9 Å². The summed E-state index contributed by atoms with van der Waals surface area (Å²) in [5, 5.41) is 0. The molecule has 1 saturated carbocycles. The number of hydrogen-bond donors (Lipinski definition) is 2. The number of rotatable bonds is 5. The van der Waals surface area contributed by atoms with E-state index in [4.69, 9.17) is 5.84 Å². The lowest BCUT2D eigenvalue weighted by Gasteiger charge is -2.48. The quantitative estimate of drug-likeness (QED) is 0.437. The van der Waals surface area contributed by atoms with Crippen molar-refractivity contribution < 1.29 is 0 Å². The Morgan fingerprint density at radius 1 is 1.18 bits per heavy atom. The van der Waals surface area contributed by atoms with Crippen LogP contribution >= 0.6 is 0 Å². The molecule has 0 aromatic rings. The summed E-state index contributed by atoms with van der Waals surface area (Å²) in [6.07, 6.45) is 12.4. The van der Waals surface area contributed by atoms with Gasteiger partial charge in [0, 0.05) is 11.6 Å². The Bertz CT molecular complexity index is 240. The Kier molecular flexibility index (Phi) is 4.60. The number of hydrogen-bond acceptors (Lipinski definition) is 3. The van der Waals surface area contributed by atoms with Crippen LogP contribution in [-0.2, 0) is 0 Å². The molecule has 1 aliphatic carbocycles. The van der Waals surface area contributed by atoms with Crippen molar-refractivity contribution in [1.82, 2.24) is 10.3 Å². The van der Waals surface area contributed by atoms with Crippen LogP contribution in [0.4, 0.5) is 0 Å². The van der Waals surface area contributed by atoms with E-state index in [0.29, 0.717) is 11.6 Å². The zero-order valence-corrected chi connectivity index (χ0v) is 11.0. The number of nitrogens with zero attached hydrogens (tertiary/aromatic N) is 1. The van der Waals surface area contributed by atoms with Gasteiger partial charge >= 0.3 is 0 Å². The second-order valence-electron chi connectivity index (χ2n) is 5.60. The highest BCUT2D eigenvalue weighted by Crippen LogP contribution is 2.40. The fraction of sp³-hybridized carbons (Fsp3) is 0.857. The summed E-state index contributed by atoms with van der Waals surface area (Å²) >= 11 is 0. The predicted octanol–water partition coefficient (Wildman–Crippen LogP) is 2.19. The standard InChI is InChI=1S/C14H27N3/c1-2-8-13(16-15)14(9-4-5-10-14)17-11-6-3-7-12-17/h2,13,16H,1,3-12,15H2. The Morgan fingerprint density at radius 3 is 2.35 bits per heavy atom. The van der Waals surface area contributed by atoms with E-state index in [0.717, 1.165) is 6.42 Å². The van der Waals surface area contributed by atoms with E-state index >= 15 is 0 Å². The molecule has 0 bridgehead atoms. The van der Waals surface area contributed by atoms with Gasteiger partial charge in [-0.2, -0.15) is 0 Å². The summed E-state index contributed by atoms with van der Waals surface area (Å²) in [6.45, 7) is 6.40. The van der Waals surface area contributed by atoms with Crippen LogP contribution in [0.15, 0.2) is 12.7 Å². The molecule has 2 fully saturated rings. The maximum Gasteiger partial charge on any atom is 0.0429 e. The fourth-order valence-electron chi connectivity index (χ4n) is 3.82. The second kappa shape index (κ2) is 5.98. The summed E-state index contributed by atoms with van der Waals surface area (Å²) in [7, 11) is 0. The van der Waals surface area contributed by atoms with E-state index in [-0.39, 0.29) is 0 Å². The third-order valence-corrected chi connectivity index (χ3v) is 4.71. The third kappa shape index (κ3) is 2.56. The molecular weight excluding hydrogens is 210 g/mol. The van der Waals surface area contributed by atoms with Gasteiger partial charge < -0.3 is 0 Å². The molecule has 2 aliphatic rings. The largest absolute Gasteiger partial charge is 0.296 e. The number of likely N-dealkylation sites (tertiary alicyclic amines) is 1. The van der Waals surface area contributed by atoms with Gasteiger partial charge in [-0.15, -0.1) is 6.58 Å². The van der Waals surface area contributed by atoms with Gasteiger partial charge in [-0.3, -0.25) is 16.2 Å². The average molecular weight is 237 g/mol. The van der Waals surface area contributed by atoms with Crippen LogP contribution in [0, 0.1) is 0 Å². The normalized spacial score (nSPS) is 26.9. The third-order valence-electron chi connectivity index (χ3n) is 4.71. The first-order valence-corrected chi connectivity index (χ1v) is 7.15. The lowest BCUT2D eigenvalue weighted by atomic mass is 9.83. The van der Waals surface area contributed by atoms with Crippen LogP contribution in [0.3, 0.4) is 0 Å². The van der Waals surface area contributed by atoms with Gasteiger partial charge in [0.25, 0.3) is 0 Å². The van der Waals surface area contributed by atoms with Crippen molar-refractivity contribution >= 4 is 0 Å². The minimum absolute atomic E-state index is 0.309. The van der Waals surface area contributed by atoms with Gasteiger partial charge in [-0.25, -0.2) is 0 Å².